The first-order valence-corrected chi connectivity index (χ1v) is 10.1. The molecule has 0 spiro atoms. The molecule has 0 aliphatic rings. The molecule has 0 fully saturated rings. The molecule has 3 aromatic rings. The third kappa shape index (κ3) is 4.43. The van der Waals surface area contributed by atoms with Gasteiger partial charge >= 0.3 is 0 Å². The summed E-state index contributed by atoms with van der Waals surface area (Å²) in [6, 6.07) is 14.9. The Morgan fingerprint density at radius 1 is 1.00 bits per heavy atom. The lowest BCUT2D eigenvalue weighted by Gasteiger charge is -2.11. The van der Waals surface area contributed by atoms with E-state index in [1.54, 1.807) is 31.3 Å². The first-order chi connectivity index (χ1) is 13.0. The molecule has 0 saturated heterocycles. The second-order valence-corrected chi connectivity index (χ2v) is 8.03. The van der Waals surface area contributed by atoms with Gasteiger partial charge < -0.3 is 9.47 Å². The molecule has 2 aromatic heterocycles. The first-order valence-electron chi connectivity index (χ1n) is 8.43. The summed E-state index contributed by atoms with van der Waals surface area (Å²) in [5.41, 5.74) is 2.02. The normalized spacial score (nSPS) is 11.2. The van der Waals surface area contributed by atoms with Gasteiger partial charge in [-0.1, -0.05) is 37.3 Å². The van der Waals surface area contributed by atoms with Crippen LogP contribution in [-0.4, -0.2) is 31.2 Å². The number of pyridine rings is 2. The molecule has 6 nitrogen and oxygen atoms in total. The summed E-state index contributed by atoms with van der Waals surface area (Å²) >= 11 is 0. The fraction of sp³-hybridized carbons (Fsp3) is 0.200. The van der Waals surface area contributed by atoms with Crippen molar-refractivity contribution < 1.29 is 17.9 Å². The highest BCUT2D eigenvalue weighted by Crippen LogP contribution is 2.30. The Hall–Kier alpha value is -2.93. The summed E-state index contributed by atoms with van der Waals surface area (Å²) in [6.07, 6.45) is 2.89. The van der Waals surface area contributed by atoms with Gasteiger partial charge in [0.1, 0.15) is 12.4 Å². The Balaban J connectivity index is 1.88. The summed E-state index contributed by atoms with van der Waals surface area (Å²) < 4.78 is 35.6. The van der Waals surface area contributed by atoms with E-state index in [1.807, 2.05) is 30.3 Å². The van der Waals surface area contributed by atoms with Crippen LogP contribution in [0.2, 0.25) is 0 Å². The van der Waals surface area contributed by atoms with Gasteiger partial charge in [0.2, 0.25) is 5.88 Å². The zero-order valence-electron chi connectivity index (χ0n) is 15.1. The van der Waals surface area contributed by atoms with E-state index in [0.29, 0.717) is 29.5 Å². The zero-order valence-corrected chi connectivity index (χ0v) is 15.9. The molecule has 0 bridgehead atoms. The third-order valence-corrected chi connectivity index (χ3v) is 5.78. The largest absolute Gasteiger partial charge is 0.487 e. The van der Waals surface area contributed by atoms with Crippen molar-refractivity contribution >= 4 is 9.84 Å². The highest BCUT2D eigenvalue weighted by atomic mass is 32.2. The first kappa shape index (κ1) is 18.8. The highest BCUT2D eigenvalue weighted by molar-refractivity contribution is 7.91. The Morgan fingerprint density at radius 2 is 1.78 bits per heavy atom. The Kier molecular flexibility index (Phi) is 5.71. The molecular weight excluding hydrogens is 364 g/mol. The number of rotatable bonds is 7. The van der Waals surface area contributed by atoms with Crippen LogP contribution in [-0.2, 0) is 16.4 Å². The molecule has 7 heteroatoms. The van der Waals surface area contributed by atoms with E-state index in [9.17, 15) is 8.42 Å². The van der Waals surface area contributed by atoms with Crippen LogP contribution in [0, 0.1) is 0 Å². The Bertz CT molecular complexity index is 1000. The van der Waals surface area contributed by atoms with Crippen molar-refractivity contribution in [1.29, 1.82) is 0 Å². The summed E-state index contributed by atoms with van der Waals surface area (Å²) in [4.78, 5) is 8.53. The highest BCUT2D eigenvalue weighted by Gasteiger charge is 2.20. The summed E-state index contributed by atoms with van der Waals surface area (Å²) in [6.45, 7) is 2.03. The number of ether oxygens (including phenoxy) is 2. The van der Waals surface area contributed by atoms with Crippen molar-refractivity contribution in [3.63, 3.8) is 0 Å². The van der Waals surface area contributed by atoms with E-state index in [2.05, 4.69) is 9.97 Å². The second kappa shape index (κ2) is 8.18. The number of methoxy groups -OCH3 is 1. The van der Waals surface area contributed by atoms with Gasteiger partial charge in [-0.15, -0.1) is 0 Å². The third-order valence-electron chi connectivity index (χ3n) is 4.03. The minimum Gasteiger partial charge on any atom is -0.487 e. The van der Waals surface area contributed by atoms with Crippen LogP contribution in [0.1, 0.15) is 12.5 Å². The van der Waals surface area contributed by atoms with Crippen LogP contribution in [0.4, 0.5) is 0 Å². The molecular formula is C20H20N2O4S. The molecule has 140 valence electrons. The van der Waals surface area contributed by atoms with Gasteiger partial charge in [0.15, 0.2) is 9.84 Å². The molecule has 0 atom stereocenters. The number of hydrogen-bond donors (Lipinski definition) is 0. The average Bonchev–Trinajstić information content (AvgIpc) is 2.73. The Morgan fingerprint density at radius 3 is 2.41 bits per heavy atom. The molecule has 0 saturated carbocycles. The van der Waals surface area contributed by atoms with Crippen LogP contribution < -0.4 is 9.47 Å². The lowest BCUT2D eigenvalue weighted by Crippen LogP contribution is -2.07. The van der Waals surface area contributed by atoms with Gasteiger partial charge in [0.05, 0.1) is 35.8 Å². The van der Waals surface area contributed by atoms with E-state index in [0.717, 1.165) is 5.56 Å². The fourth-order valence-electron chi connectivity index (χ4n) is 2.50. The number of benzene rings is 1. The number of nitrogens with zero attached hydrogens (tertiary/aromatic N) is 2. The van der Waals surface area contributed by atoms with Crippen LogP contribution in [0.25, 0.3) is 11.3 Å². The van der Waals surface area contributed by atoms with Gasteiger partial charge in [0.25, 0.3) is 0 Å². The number of hydrogen-bond acceptors (Lipinski definition) is 6. The molecule has 3 rings (SSSR count). The lowest BCUT2D eigenvalue weighted by molar-refractivity contribution is 0.305. The van der Waals surface area contributed by atoms with Crippen LogP contribution >= 0.6 is 0 Å². The monoisotopic (exact) mass is 384 g/mol. The zero-order chi connectivity index (χ0) is 19.3. The maximum absolute atomic E-state index is 12.4. The topological polar surface area (TPSA) is 78.4 Å². The molecule has 27 heavy (non-hydrogen) atoms. The molecule has 0 N–H and O–H groups in total. The van der Waals surface area contributed by atoms with Crippen molar-refractivity contribution in [2.75, 3.05) is 12.9 Å². The molecule has 2 heterocycles. The average molecular weight is 384 g/mol. The summed E-state index contributed by atoms with van der Waals surface area (Å²) in [7, 11) is -1.97. The maximum atomic E-state index is 12.4. The van der Waals surface area contributed by atoms with Gasteiger partial charge in [0, 0.05) is 11.6 Å². The molecule has 0 amide bonds. The number of sulfone groups is 1. The van der Waals surface area contributed by atoms with Gasteiger partial charge in [-0.25, -0.2) is 13.4 Å². The van der Waals surface area contributed by atoms with E-state index in [4.69, 9.17) is 9.47 Å². The molecule has 0 unspecified atom stereocenters. The Labute approximate surface area is 158 Å². The van der Waals surface area contributed by atoms with Crippen molar-refractivity contribution in [2.24, 2.45) is 0 Å². The predicted octanol–water partition coefficient (Wildman–Crippen LogP) is 3.52. The van der Waals surface area contributed by atoms with Gasteiger partial charge in [-0.2, -0.15) is 0 Å². The quantitative estimate of drug-likeness (QED) is 0.620. The van der Waals surface area contributed by atoms with Crippen molar-refractivity contribution in [1.82, 2.24) is 9.97 Å². The predicted molar refractivity (Wildman–Crippen MR) is 103 cm³/mol. The number of aromatic nitrogens is 2. The van der Waals surface area contributed by atoms with E-state index in [1.165, 1.54) is 13.3 Å². The minimum absolute atomic E-state index is 0.0215. The molecule has 0 aliphatic heterocycles. The van der Waals surface area contributed by atoms with Crippen molar-refractivity contribution in [3.05, 3.63) is 66.5 Å². The van der Waals surface area contributed by atoms with Crippen molar-refractivity contribution in [3.8, 4) is 22.9 Å². The summed E-state index contributed by atoms with van der Waals surface area (Å²) in [5.74, 6) is 0.904. The van der Waals surface area contributed by atoms with Crippen LogP contribution in [0.15, 0.2) is 65.8 Å². The van der Waals surface area contributed by atoms with Gasteiger partial charge in [-0.3, -0.25) is 4.98 Å². The molecule has 0 radical (unpaired) electrons. The van der Waals surface area contributed by atoms with E-state index < -0.39 is 9.84 Å². The second-order valence-electron chi connectivity index (χ2n) is 5.78. The van der Waals surface area contributed by atoms with Crippen LogP contribution in [0.3, 0.4) is 0 Å². The SMILES string of the molecule is CCS(=O)(=O)c1cnc(OC)cc1-c1ccc(OCc2ccccc2)cn1. The minimum atomic E-state index is -3.45. The van der Waals surface area contributed by atoms with E-state index >= 15 is 0 Å². The fourth-order valence-corrected chi connectivity index (χ4v) is 3.53. The lowest BCUT2D eigenvalue weighted by atomic mass is 10.2. The smallest absolute Gasteiger partial charge is 0.213 e. The van der Waals surface area contributed by atoms with Crippen LogP contribution in [0.5, 0.6) is 11.6 Å². The van der Waals surface area contributed by atoms with E-state index in [-0.39, 0.29) is 10.6 Å². The van der Waals surface area contributed by atoms with Crippen molar-refractivity contribution in [2.45, 2.75) is 18.4 Å². The maximum Gasteiger partial charge on any atom is 0.213 e. The summed E-state index contributed by atoms with van der Waals surface area (Å²) in [5, 5.41) is 0. The standard InChI is InChI=1S/C20H20N2O4S/c1-3-27(23,24)19-13-22-20(25-2)11-17(19)18-10-9-16(12-21-18)26-14-15-7-5-4-6-8-15/h4-13H,3,14H2,1-2H3. The van der Waals surface area contributed by atoms with Gasteiger partial charge in [-0.05, 0) is 17.7 Å². The molecule has 0 aliphatic carbocycles. The molecule has 1 aromatic carbocycles.